The third-order valence-corrected chi connectivity index (χ3v) is 3.18. The lowest BCUT2D eigenvalue weighted by Crippen LogP contribution is -2.02. The normalized spacial score (nSPS) is 12.9. The number of carboxylic acid groups (broad SMARTS) is 1. The first-order valence-electron chi connectivity index (χ1n) is 5.64. The first-order valence-corrected chi connectivity index (χ1v) is 5.64. The number of hydrogen-bond donors (Lipinski definition) is 1. The second kappa shape index (κ2) is 4.20. The number of carbonyl (C=O) groups is 1. The summed E-state index contributed by atoms with van der Waals surface area (Å²) in [5, 5.41) is 8.79. The van der Waals surface area contributed by atoms with Gasteiger partial charge in [-0.05, 0) is 30.5 Å². The number of aliphatic carboxylic acids is 1. The van der Waals surface area contributed by atoms with Crippen molar-refractivity contribution in [1.29, 1.82) is 0 Å². The van der Waals surface area contributed by atoms with Gasteiger partial charge in [-0.3, -0.25) is 4.79 Å². The summed E-state index contributed by atoms with van der Waals surface area (Å²) in [6.07, 6.45) is 0.150. The molecule has 0 aliphatic rings. The minimum absolute atomic E-state index is 0.0132. The largest absolute Gasteiger partial charge is 0.481 e. The van der Waals surface area contributed by atoms with Gasteiger partial charge in [-0.1, -0.05) is 13.0 Å². The summed E-state index contributed by atoms with van der Waals surface area (Å²) in [6, 6.07) is 5.97. The van der Waals surface area contributed by atoms with E-state index in [0.29, 0.717) is 0 Å². The van der Waals surface area contributed by atoms with E-state index in [0.717, 1.165) is 22.4 Å². The Balaban J connectivity index is 2.41. The predicted octanol–water partition coefficient (Wildman–Crippen LogP) is 2.46. The van der Waals surface area contributed by atoms with Crippen LogP contribution in [0.4, 0.5) is 0 Å². The molecule has 0 fully saturated rings. The summed E-state index contributed by atoms with van der Waals surface area (Å²) in [6.45, 7) is 3.88. The van der Waals surface area contributed by atoms with E-state index in [-0.39, 0.29) is 12.3 Å². The highest BCUT2D eigenvalue weighted by molar-refractivity contribution is 5.77. The van der Waals surface area contributed by atoms with Crippen LogP contribution in [0.15, 0.2) is 18.2 Å². The maximum atomic E-state index is 10.7. The third-order valence-electron chi connectivity index (χ3n) is 3.18. The number of benzene rings is 1. The first-order chi connectivity index (χ1) is 7.99. The number of rotatable bonds is 3. The van der Waals surface area contributed by atoms with Gasteiger partial charge in [0.1, 0.15) is 5.82 Å². The molecule has 0 amide bonds. The number of nitrogens with zero attached hydrogens (tertiary/aromatic N) is 2. The molecule has 2 rings (SSSR count). The van der Waals surface area contributed by atoms with Gasteiger partial charge in [0.2, 0.25) is 0 Å². The van der Waals surface area contributed by atoms with Gasteiger partial charge >= 0.3 is 5.97 Å². The number of fused-ring (bicyclic) bond motifs is 1. The SMILES string of the molecule is Cc1nc2cc(C(C)CC(=O)O)ccc2n1C. The molecule has 90 valence electrons. The molecule has 1 aromatic heterocycles. The molecule has 0 saturated carbocycles. The van der Waals surface area contributed by atoms with Gasteiger partial charge in [0, 0.05) is 7.05 Å². The molecule has 1 N–H and O–H groups in total. The molecule has 0 aliphatic heterocycles. The summed E-state index contributed by atoms with van der Waals surface area (Å²) in [4.78, 5) is 15.1. The van der Waals surface area contributed by atoms with Crippen LogP contribution in [-0.2, 0) is 11.8 Å². The van der Waals surface area contributed by atoms with Crippen molar-refractivity contribution >= 4 is 17.0 Å². The average Bonchev–Trinajstić information content (AvgIpc) is 2.53. The fourth-order valence-corrected chi connectivity index (χ4v) is 2.02. The number of aromatic nitrogens is 2. The van der Waals surface area contributed by atoms with Crippen LogP contribution >= 0.6 is 0 Å². The number of hydrogen-bond acceptors (Lipinski definition) is 2. The highest BCUT2D eigenvalue weighted by Gasteiger charge is 2.12. The van der Waals surface area contributed by atoms with Crippen LogP contribution in [-0.4, -0.2) is 20.6 Å². The molecule has 0 aliphatic carbocycles. The van der Waals surface area contributed by atoms with Crippen LogP contribution in [0.1, 0.15) is 30.7 Å². The Hall–Kier alpha value is -1.84. The van der Waals surface area contributed by atoms with Crippen molar-refractivity contribution in [2.45, 2.75) is 26.2 Å². The standard InChI is InChI=1S/C13H16N2O2/c1-8(6-13(16)17)10-4-5-12-11(7-10)14-9(2)15(12)3/h4-5,7-8H,6H2,1-3H3,(H,16,17). The summed E-state index contributed by atoms with van der Waals surface area (Å²) in [7, 11) is 1.98. The van der Waals surface area contributed by atoms with E-state index in [1.807, 2.05) is 43.7 Å². The summed E-state index contributed by atoms with van der Waals surface area (Å²) in [5.41, 5.74) is 3.03. The molecule has 1 aromatic carbocycles. The van der Waals surface area contributed by atoms with Crippen molar-refractivity contribution in [3.63, 3.8) is 0 Å². The van der Waals surface area contributed by atoms with Crippen molar-refractivity contribution < 1.29 is 9.90 Å². The molecule has 1 heterocycles. The molecule has 4 nitrogen and oxygen atoms in total. The molecular weight excluding hydrogens is 216 g/mol. The van der Waals surface area contributed by atoms with Crippen molar-refractivity contribution in [2.75, 3.05) is 0 Å². The van der Waals surface area contributed by atoms with Gasteiger partial charge < -0.3 is 9.67 Å². The Morgan fingerprint density at radius 3 is 2.88 bits per heavy atom. The van der Waals surface area contributed by atoms with Crippen LogP contribution in [0.2, 0.25) is 0 Å². The lowest BCUT2D eigenvalue weighted by molar-refractivity contribution is -0.137. The van der Waals surface area contributed by atoms with Gasteiger partial charge in [0.25, 0.3) is 0 Å². The molecular formula is C13H16N2O2. The lowest BCUT2D eigenvalue weighted by atomic mass is 9.97. The van der Waals surface area contributed by atoms with E-state index in [4.69, 9.17) is 5.11 Å². The molecule has 2 aromatic rings. The second-order valence-corrected chi connectivity index (χ2v) is 4.47. The topological polar surface area (TPSA) is 55.1 Å². The molecule has 0 bridgehead atoms. The highest BCUT2D eigenvalue weighted by atomic mass is 16.4. The van der Waals surface area contributed by atoms with E-state index in [1.165, 1.54) is 0 Å². The van der Waals surface area contributed by atoms with Crippen molar-refractivity contribution in [2.24, 2.45) is 7.05 Å². The highest BCUT2D eigenvalue weighted by Crippen LogP contribution is 2.23. The minimum atomic E-state index is -0.769. The zero-order valence-corrected chi connectivity index (χ0v) is 10.3. The number of imidazole rings is 1. The molecule has 1 atom stereocenters. The quantitative estimate of drug-likeness (QED) is 0.884. The number of aryl methyl sites for hydroxylation is 2. The second-order valence-electron chi connectivity index (χ2n) is 4.47. The van der Waals surface area contributed by atoms with E-state index < -0.39 is 5.97 Å². The van der Waals surface area contributed by atoms with Gasteiger partial charge in [-0.25, -0.2) is 4.98 Å². The van der Waals surface area contributed by atoms with E-state index >= 15 is 0 Å². The van der Waals surface area contributed by atoms with Crippen molar-refractivity contribution in [1.82, 2.24) is 9.55 Å². The first kappa shape index (κ1) is 11.6. The number of carboxylic acids is 1. The van der Waals surface area contributed by atoms with Gasteiger partial charge in [0.05, 0.1) is 17.5 Å². The summed E-state index contributed by atoms with van der Waals surface area (Å²) in [5.74, 6) is 0.206. The Morgan fingerprint density at radius 1 is 1.53 bits per heavy atom. The van der Waals surface area contributed by atoms with Crippen LogP contribution < -0.4 is 0 Å². The Bertz CT molecular complexity index is 572. The molecule has 0 radical (unpaired) electrons. The van der Waals surface area contributed by atoms with Crippen LogP contribution in [0.3, 0.4) is 0 Å². The Kier molecular flexibility index (Phi) is 2.88. The zero-order chi connectivity index (χ0) is 12.6. The fourth-order valence-electron chi connectivity index (χ4n) is 2.02. The molecule has 17 heavy (non-hydrogen) atoms. The maximum absolute atomic E-state index is 10.7. The molecule has 4 heteroatoms. The van der Waals surface area contributed by atoms with E-state index in [1.54, 1.807) is 0 Å². The Morgan fingerprint density at radius 2 is 2.24 bits per heavy atom. The van der Waals surface area contributed by atoms with Gasteiger partial charge in [0.15, 0.2) is 0 Å². The van der Waals surface area contributed by atoms with Crippen LogP contribution in [0, 0.1) is 6.92 Å². The molecule has 0 spiro atoms. The summed E-state index contributed by atoms with van der Waals surface area (Å²) >= 11 is 0. The molecule has 0 saturated heterocycles. The monoisotopic (exact) mass is 232 g/mol. The van der Waals surface area contributed by atoms with Crippen LogP contribution in [0.25, 0.3) is 11.0 Å². The van der Waals surface area contributed by atoms with Crippen molar-refractivity contribution in [3.8, 4) is 0 Å². The van der Waals surface area contributed by atoms with E-state index in [2.05, 4.69) is 4.98 Å². The predicted molar refractivity (Wildman–Crippen MR) is 66.1 cm³/mol. The molecule has 1 unspecified atom stereocenters. The minimum Gasteiger partial charge on any atom is -0.481 e. The fraction of sp³-hybridized carbons (Fsp3) is 0.385. The zero-order valence-electron chi connectivity index (χ0n) is 10.3. The smallest absolute Gasteiger partial charge is 0.303 e. The Labute approximate surface area is 99.9 Å². The van der Waals surface area contributed by atoms with Gasteiger partial charge in [-0.15, -0.1) is 0 Å². The average molecular weight is 232 g/mol. The van der Waals surface area contributed by atoms with Crippen LogP contribution in [0.5, 0.6) is 0 Å². The maximum Gasteiger partial charge on any atom is 0.303 e. The van der Waals surface area contributed by atoms with E-state index in [9.17, 15) is 4.79 Å². The summed E-state index contributed by atoms with van der Waals surface area (Å²) < 4.78 is 2.03. The van der Waals surface area contributed by atoms with Crippen molar-refractivity contribution in [3.05, 3.63) is 29.6 Å². The van der Waals surface area contributed by atoms with Gasteiger partial charge in [-0.2, -0.15) is 0 Å². The lowest BCUT2D eigenvalue weighted by Gasteiger charge is -2.08. The third kappa shape index (κ3) is 2.16.